The normalized spacial score (nSPS) is 10.8. The first kappa shape index (κ1) is 9.49. The molecule has 1 rings (SSSR count). The lowest BCUT2D eigenvalue weighted by Gasteiger charge is -1.96. The van der Waals surface area contributed by atoms with Crippen LogP contribution in [0.1, 0.15) is 11.1 Å². The van der Waals surface area contributed by atoms with E-state index in [4.69, 9.17) is 5.73 Å². The van der Waals surface area contributed by atoms with Crippen LogP contribution in [0, 0.1) is 0 Å². The summed E-state index contributed by atoms with van der Waals surface area (Å²) in [5, 5.41) is 0.900. The van der Waals surface area contributed by atoms with E-state index in [1.54, 1.807) is 0 Å². The molecular weight excluding hydrogens is 214 g/mol. The summed E-state index contributed by atoms with van der Waals surface area (Å²) >= 11 is 3.41. The first-order valence-electron chi connectivity index (χ1n) is 3.88. The highest BCUT2D eigenvalue weighted by Gasteiger charge is 1.89. The number of alkyl halides is 1. The molecule has 1 nitrogen and oxygen atoms in total. The van der Waals surface area contributed by atoms with Crippen molar-refractivity contribution in [3.05, 3.63) is 41.5 Å². The summed E-state index contributed by atoms with van der Waals surface area (Å²) in [5.74, 6) is 0. The summed E-state index contributed by atoms with van der Waals surface area (Å²) in [4.78, 5) is 0. The van der Waals surface area contributed by atoms with E-state index < -0.39 is 0 Å². The molecule has 64 valence electrons. The van der Waals surface area contributed by atoms with Gasteiger partial charge in [-0.25, -0.2) is 0 Å². The number of rotatable bonds is 3. The van der Waals surface area contributed by atoms with E-state index in [-0.39, 0.29) is 0 Å². The summed E-state index contributed by atoms with van der Waals surface area (Å²) in [6.07, 6.45) is 3.99. The second-order valence-electron chi connectivity index (χ2n) is 2.52. The fraction of sp³-hybridized carbons (Fsp3) is 0.200. The highest BCUT2D eigenvalue weighted by Crippen LogP contribution is 2.09. The maximum Gasteiger partial charge on any atom is 0.0283 e. The van der Waals surface area contributed by atoms with Gasteiger partial charge < -0.3 is 5.73 Å². The van der Waals surface area contributed by atoms with Crippen LogP contribution in [0.2, 0.25) is 0 Å². The zero-order valence-electron chi connectivity index (χ0n) is 6.83. The van der Waals surface area contributed by atoms with Gasteiger partial charge in [-0.15, -0.1) is 0 Å². The fourth-order valence-electron chi connectivity index (χ4n) is 0.984. The van der Waals surface area contributed by atoms with Crippen LogP contribution < -0.4 is 5.73 Å². The van der Waals surface area contributed by atoms with E-state index in [9.17, 15) is 0 Å². The van der Waals surface area contributed by atoms with Crippen molar-refractivity contribution in [1.29, 1.82) is 0 Å². The predicted octanol–water partition coefficient (Wildman–Crippen LogP) is 2.55. The van der Waals surface area contributed by atoms with Crippen LogP contribution in [0.4, 0.5) is 0 Å². The Morgan fingerprint density at radius 3 is 2.92 bits per heavy atom. The second kappa shape index (κ2) is 5.12. The monoisotopic (exact) mass is 225 g/mol. The molecular formula is C10H12BrN. The van der Waals surface area contributed by atoms with Crippen LogP contribution in [0.15, 0.2) is 30.3 Å². The van der Waals surface area contributed by atoms with Gasteiger partial charge in [0, 0.05) is 11.9 Å². The average molecular weight is 226 g/mol. The van der Waals surface area contributed by atoms with Gasteiger partial charge in [0.2, 0.25) is 0 Å². The molecule has 0 fully saturated rings. The van der Waals surface area contributed by atoms with Crippen molar-refractivity contribution in [1.82, 2.24) is 0 Å². The van der Waals surface area contributed by atoms with Crippen molar-refractivity contribution in [3.63, 3.8) is 0 Å². The lowest BCUT2D eigenvalue weighted by Crippen LogP contribution is -1.91. The van der Waals surface area contributed by atoms with Crippen LogP contribution in [0.3, 0.4) is 0 Å². The molecule has 12 heavy (non-hydrogen) atoms. The minimum atomic E-state index is 0.596. The van der Waals surface area contributed by atoms with E-state index in [0.29, 0.717) is 6.54 Å². The summed E-state index contributed by atoms with van der Waals surface area (Å²) in [6, 6.07) is 8.35. The lowest BCUT2D eigenvalue weighted by molar-refractivity contribution is 1.26. The molecule has 0 heterocycles. The average Bonchev–Trinajstić information content (AvgIpc) is 2.15. The third kappa shape index (κ3) is 2.80. The van der Waals surface area contributed by atoms with Gasteiger partial charge in [0.05, 0.1) is 0 Å². The summed E-state index contributed by atoms with van der Waals surface area (Å²) in [7, 11) is 0. The molecule has 0 aromatic heterocycles. The molecule has 0 radical (unpaired) electrons. The Balaban J connectivity index is 2.79. The zero-order valence-corrected chi connectivity index (χ0v) is 8.42. The van der Waals surface area contributed by atoms with Gasteiger partial charge in [0.1, 0.15) is 0 Å². The first-order valence-corrected chi connectivity index (χ1v) is 5.00. The van der Waals surface area contributed by atoms with Gasteiger partial charge in [-0.3, -0.25) is 0 Å². The molecule has 0 saturated heterocycles. The molecule has 0 amide bonds. The third-order valence-corrected chi connectivity index (χ3v) is 2.20. The van der Waals surface area contributed by atoms with E-state index in [0.717, 1.165) is 5.33 Å². The maximum atomic E-state index is 5.35. The Morgan fingerprint density at radius 1 is 1.42 bits per heavy atom. The topological polar surface area (TPSA) is 26.0 Å². The van der Waals surface area contributed by atoms with Crippen LogP contribution >= 0.6 is 15.9 Å². The number of benzene rings is 1. The van der Waals surface area contributed by atoms with Gasteiger partial charge in [-0.1, -0.05) is 52.3 Å². The lowest BCUT2D eigenvalue weighted by atomic mass is 10.1. The number of hydrogen-bond donors (Lipinski definition) is 1. The molecule has 0 atom stereocenters. The highest BCUT2D eigenvalue weighted by molar-refractivity contribution is 9.08. The van der Waals surface area contributed by atoms with E-state index >= 15 is 0 Å². The van der Waals surface area contributed by atoms with Crippen LogP contribution in [-0.2, 0) is 5.33 Å². The summed E-state index contributed by atoms with van der Waals surface area (Å²) in [5.41, 5.74) is 7.84. The van der Waals surface area contributed by atoms with E-state index in [2.05, 4.69) is 34.1 Å². The number of nitrogens with two attached hydrogens (primary N) is 1. The quantitative estimate of drug-likeness (QED) is 0.787. The van der Waals surface area contributed by atoms with Crippen molar-refractivity contribution in [2.45, 2.75) is 5.33 Å². The van der Waals surface area contributed by atoms with Gasteiger partial charge in [0.25, 0.3) is 0 Å². The largest absolute Gasteiger partial charge is 0.327 e. The summed E-state index contributed by atoms with van der Waals surface area (Å²) in [6.45, 7) is 0.596. The summed E-state index contributed by atoms with van der Waals surface area (Å²) < 4.78 is 0. The molecule has 2 N–H and O–H groups in total. The van der Waals surface area contributed by atoms with Crippen LogP contribution in [0.5, 0.6) is 0 Å². The smallest absolute Gasteiger partial charge is 0.0283 e. The molecule has 1 aromatic carbocycles. The Kier molecular flexibility index (Phi) is 4.05. The fourth-order valence-corrected chi connectivity index (χ4v) is 1.33. The highest BCUT2D eigenvalue weighted by atomic mass is 79.9. The third-order valence-electron chi connectivity index (χ3n) is 1.55. The standard InChI is InChI=1S/C10H12BrN/c11-8-10-4-1-3-9(7-10)5-2-6-12/h1-5,7H,6,8,12H2. The Hall–Kier alpha value is -0.600. The second-order valence-corrected chi connectivity index (χ2v) is 3.08. The number of halogens is 1. The molecule has 2 heteroatoms. The van der Waals surface area contributed by atoms with Crippen LogP contribution in [0.25, 0.3) is 6.08 Å². The molecule has 0 saturated carbocycles. The Morgan fingerprint density at radius 2 is 2.25 bits per heavy atom. The molecule has 0 aliphatic carbocycles. The maximum absolute atomic E-state index is 5.35. The Labute approximate surface area is 81.4 Å². The first-order chi connectivity index (χ1) is 5.86. The number of hydrogen-bond acceptors (Lipinski definition) is 1. The molecule has 0 aliphatic heterocycles. The Bertz CT molecular complexity index is 268. The van der Waals surface area contributed by atoms with Crippen molar-refractivity contribution >= 4 is 22.0 Å². The van der Waals surface area contributed by atoms with Crippen molar-refractivity contribution in [2.75, 3.05) is 6.54 Å². The van der Waals surface area contributed by atoms with Gasteiger partial charge in [-0.2, -0.15) is 0 Å². The molecule has 0 unspecified atom stereocenters. The SMILES string of the molecule is NCC=Cc1cccc(CBr)c1. The van der Waals surface area contributed by atoms with Gasteiger partial charge in [0.15, 0.2) is 0 Å². The predicted molar refractivity (Wildman–Crippen MR) is 57.2 cm³/mol. The molecule has 0 bridgehead atoms. The van der Waals surface area contributed by atoms with Crippen molar-refractivity contribution in [2.24, 2.45) is 5.73 Å². The van der Waals surface area contributed by atoms with Gasteiger partial charge in [-0.05, 0) is 11.1 Å². The van der Waals surface area contributed by atoms with E-state index in [1.165, 1.54) is 11.1 Å². The zero-order chi connectivity index (χ0) is 8.81. The van der Waals surface area contributed by atoms with Gasteiger partial charge >= 0.3 is 0 Å². The molecule has 0 aliphatic rings. The molecule has 0 spiro atoms. The van der Waals surface area contributed by atoms with Crippen molar-refractivity contribution in [3.8, 4) is 0 Å². The minimum absolute atomic E-state index is 0.596. The van der Waals surface area contributed by atoms with E-state index in [1.807, 2.05) is 18.2 Å². The van der Waals surface area contributed by atoms with Crippen LogP contribution in [-0.4, -0.2) is 6.54 Å². The van der Waals surface area contributed by atoms with Crippen molar-refractivity contribution < 1.29 is 0 Å². The molecule has 1 aromatic rings. The minimum Gasteiger partial charge on any atom is -0.327 e.